The molecule has 6 rings (SSSR count). The van der Waals surface area contributed by atoms with Crippen LogP contribution in [0.3, 0.4) is 0 Å². The molecule has 0 radical (unpaired) electrons. The third-order valence-electron chi connectivity index (χ3n) is 7.75. The maximum absolute atomic E-state index is 13.6. The maximum atomic E-state index is 13.6. The van der Waals surface area contributed by atoms with E-state index >= 15 is 0 Å². The molecule has 0 amide bonds. The van der Waals surface area contributed by atoms with Crippen LogP contribution in [0.1, 0.15) is 50.5 Å². The van der Waals surface area contributed by atoms with Gasteiger partial charge in [0, 0.05) is 68.5 Å². The Balaban J connectivity index is 1.20. The summed E-state index contributed by atoms with van der Waals surface area (Å²) in [5.41, 5.74) is 1.41. The van der Waals surface area contributed by atoms with Gasteiger partial charge in [-0.3, -0.25) is 4.90 Å². The molecule has 190 valence electrons. The monoisotopic (exact) mass is 506 g/mol. The summed E-state index contributed by atoms with van der Waals surface area (Å²) in [6, 6.07) is 3.83. The summed E-state index contributed by atoms with van der Waals surface area (Å²) in [6.07, 6.45) is 4.51. The normalized spacial score (nSPS) is 23.3. The first-order valence-corrected chi connectivity index (χ1v) is 14.2. The van der Waals surface area contributed by atoms with Gasteiger partial charge in [0.1, 0.15) is 0 Å². The molecule has 1 N–H and O–H groups in total. The van der Waals surface area contributed by atoms with Gasteiger partial charge in [-0.25, -0.2) is 31.5 Å². The molecular formula is C24H32F2N6O2S. The molecule has 8 nitrogen and oxygen atoms in total. The predicted octanol–water partition coefficient (Wildman–Crippen LogP) is 3.22. The molecule has 1 aromatic carbocycles. The lowest BCUT2D eigenvalue weighted by Gasteiger charge is -2.36. The fraction of sp³-hybridized carbons (Fsp3) is 0.667. The van der Waals surface area contributed by atoms with Crippen molar-refractivity contribution in [3.8, 4) is 0 Å². The zero-order valence-corrected chi connectivity index (χ0v) is 20.6. The number of nitrogens with zero attached hydrogens (tertiary/aromatic N) is 5. The SMILES string of the molecule is O=S(=O)(C1CC1)N1CCC(Nc2ncc3cc(C(F)F)cc(N4CCN(C5CC5)CC4)c3n2)CC1. The Labute approximate surface area is 204 Å². The van der Waals surface area contributed by atoms with Crippen molar-refractivity contribution >= 4 is 32.6 Å². The number of piperazine rings is 1. The summed E-state index contributed by atoms with van der Waals surface area (Å²) in [4.78, 5) is 13.8. The summed E-state index contributed by atoms with van der Waals surface area (Å²) in [6.45, 7) is 4.45. The summed E-state index contributed by atoms with van der Waals surface area (Å²) >= 11 is 0. The molecule has 4 fully saturated rings. The van der Waals surface area contributed by atoms with Gasteiger partial charge in [-0.15, -0.1) is 0 Å². The van der Waals surface area contributed by atoms with Crippen LogP contribution in [0.15, 0.2) is 18.3 Å². The number of benzene rings is 1. The minimum absolute atomic E-state index is 0.00863. The summed E-state index contributed by atoms with van der Waals surface area (Å²) in [5.74, 6) is 0.462. The van der Waals surface area contributed by atoms with E-state index in [0.29, 0.717) is 48.8 Å². The van der Waals surface area contributed by atoms with Gasteiger partial charge in [-0.2, -0.15) is 0 Å². The molecule has 0 spiro atoms. The molecule has 0 bridgehead atoms. The van der Waals surface area contributed by atoms with Gasteiger partial charge in [-0.05, 0) is 50.7 Å². The Morgan fingerprint density at radius 2 is 1.66 bits per heavy atom. The number of nitrogens with one attached hydrogen (secondary N) is 1. The largest absolute Gasteiger partial charge is 0.367 e. The number of alkyl halides is 2. The van der Waals surface area contributed by atoms with Crippen molar-refractivity contribution in [3.05, 3.63) is 23.9 Å². The van der Waals surface area contributed by atoms with E-state index in [2.05, 4.69) is 20.1 Å². The van der Waals surface area contributed by atoms with Crippen LogP contribution in [0.5, 0.6) is 0 Å². The number of anilines is 2. The Hall–Kier alpha value is -2.11. The summed E-state index contributed by atoms with van der Waals surface area (Å²) in [5, 5.41) is 3.80. The lowest BCUT2D eigenvalue weighted by atomic mass is 10.1. The Morgan fingerprint density at radius 1 is 0.943 bits per heavy atom. The number of rotatable bonds is 7. The average molecular weight is 507 g/mol. The first-order valence-electron chi connectivity index (χ1n) is 12.7. The van der Waals surface area contributed by atoms with Crippen molar-refractivity contribution in [1.82, 2.24) is 19.2 Å². The van der Waals surface area contributed by atoms with Crippen LogP contribution < -0.4 is 10.2 Å². The second-order valence-corrected chi connectivity index (χ2v) is 12.5. The topological polar surface area (TPSA) is 81.7 Å². The summed E-state index contributed by atoms with van der Waals surface area (Å²) in [7, 11) is -3.14. The lowest BCUT2D eigenvalue weighted by Crippen LogP contribution is -2.47. The van der Waals surface area contributed by atoms with Crippen LogP contribution in [-0.2, 0) is 10.0 Å². The van der Waals surface area contributed by atoms with E-state index in [4.69, 9.17) is 4.98 Å². The van der Waals surface area contributed by atoms with E-state index in [1.807, 2.05) is 0 Å². The minimum atomic E-state index is -3.14. The van der Waals surface area contributed by atoms with Crippen molar-refractivity contribution in [1.29, 1.82) is 0 Å². The van der Waals surface area contributed by atoms with Crippen LogP contribution in [0.2, 0.25) is 0 Å². The van der Waals surface area contributed by atoms with Crippen molar-refractivity contribution < 1.29 is 17.2 Å². The molecular weight excluding hydrogens is 474 g/mol. The number of hydrogen-bond acceptors (Lipinski definition) is 7. The van der Waals surface area contributed by atoms with Gasteiger partial charge in [0.25, 0.3) is 6.43 Å². The second-order valence-electron chi connectivity index (χ2n) is 10.3. The van der Waals surface area contributed by atoms with Crippen molar-refractivity contribution in [2.45, 2.75) is 62.3 Å². The third-order valence-corrected chi connectivity index (χ3v) is 10.1. The lowest BCUT2D eigenvalue weighted by molar-refractivity contribution is 0.151. The number of aromatic nitrogens is 2. The highest BCUT2D eigenvalue weighted by molar-refractivity contribution is 7.90. The summed E-state index contributed by atoms with van der Waals surface area (Å²) < 4.78 is 53.9. The molecule has 2 aliphatic heterocycles. The average Bonchev–Trinajstić information content (AvgIpc) is 3.77. The minimum Gasteiger partial charge on any atom is -0.367 e. The number of piperidine rings is 1. The fourth-order valence-corrected chi connectivity index (χ4v) is 7.24. The molecule has 2 aromatic rings. The molecule has 2 saturated carbocycles. The van der Waals surface area contributed by atoms with Gasteiger partial charge in [0.05, 0.1) is 16.5 Å². The number of hydrogen-bond donors (Lipinski definition) is 1. The van der Waals surface area contributed by atoms with Gasteiger partial charge in [-0.1, -0.05) is 0 Å². The van der Waals surface area contributed by atoms with Gasteiger partial charge < -0.3 is 10.2 Å². The van der Waals surface area contributed by atoms with Crippen LogP contribution in [0, 0.1) is 0 Å². The Bertz CT molecular complexity index is 1190. The first kappa shape index (κ1) is 23.3. The molecule has 2 saturated heterocycles. The Morgan fingerprint density at radius 3 is 2.29 bits per heavy atom. The zero-order chi connectivity index (χ0) is 24.2. The van der Waals surface area contributed by atoms with Crippen LogP contribution in [0.25, 0.3) is 10.9 Å². The maximum Gasteiger partial charge on any atom is 0.263 e. The molecule has 3 heterocycles. The van der Waals surface area contributed by atoms with Crippen LogP contribution in [0.4, 0.5) is 20.4 Å². The standard InChI is InChI=1S/C24H32F2N6O2S/c25-23(26)16-13-17-15-27-24(28-18-5-7-32(8-6-18)35(33,34)20-3-4-20)29-22(17)21(14-16)31-11-9-30(10-12-31)19-1-2-19/h13-15,18-20,23H,1-12H2,(H,27,28,29). The molecule has 35 heavy (non-hydrogen) atoms. The molecule has 1 aromatic heterocycles. The zero-order valence-electron chi connectivity index (χ0n) is 19.7. The fourth-order valence-electron chi connectivity index (χ4n) is 5.37. The molecule has 4 aliphatic rings. The van der Waals surface area contributed by atoms with Gasteiger partial charge in [0.15, 0.2) is 0 Å². The highest BCUT2D eigenvalue weighted by Gasteiger charge is 2.41. The van der Waals surface area contributed by atoms with Crippen LogP contribution >= 0.6 is 0 Å². The number of fused-ring (bicyclic) bond motifs is 1. The first-order chi connectivity index (χ1) is 16.9. The van der Waals surface area contributed by atoms with Crippen LogP contribution in [-0.4, -0.2) is 84.2 Å². The van der Waals surface area contributed by atoms with E-state index < -0.39 is 16.4 Å². The molecule has 11 heteroatoms. The smallest absolute Gasteiger partial charge is 0.263 e. The van der Waals surface area contributed by atoms with E-state index in [9.17, 15) is 17.2 Å². The molecule has 0 atom stereocenters. The number of sulfonamides is 1. The predicted molar refractivity (Wildman–Crippen MR) is 131 cm³/mol. The van der Waals surface area contributed by atoms with Crippen molar-refractivity contribution in [2.24, 2.45) is 0 Å². The van der Waals surface area contributed by atoms with E-state index in [0.717, 1.165) is 44.7 Å². The van der Waals surface area contributed by atoms with Crippen molar-refractivity contribution in [2.75, 3.05) is 49.5 Å². The molecule has 0 unspecified atom stereocenters. The Kier molecular flexibility index (Phi) is 6.04. The second kappa shape index (κ2) is 9.08. The van der Waals surface area contributed by atoms with Crippen molar-refractivity contribution in [3.63, 3.8) is 0 Å². The number of halogens is 2. The van der Waals surface area contributed by atoms with E-state index in [1.54, 1.807) is 16.6 Å². The third kappa shape index (κ3) is 4.82. The molecule has 2 aliphatic carbocycles. The van der Waals surface area contributed by atoms with E-state index in [1.165, 1.54) is 18.9 Å². The highest BCUT2D eigenvalue weighted by atomic mass is 32.2. The quantitative estimate of drug-likeness (QED) is 0.618. The van der Waals surface area contributed by atoms with Gasteiger partial charge >= 0.3 is 0 Å². The van der Waals surface area contributed by atoms with E-state index in [-0.39, 0.29) is 16.9 Å². The van der Waals surface area contributed by atoms with Gasteiger partial charge in [0.2, 0.25) is 16.0 Å². The highest BCUT2D eigenvalue weighted by Crippen LogP contribution is 2.35.